The van der Waals surface area contributed by atoms with Crippen LogP contribution in [0.15, 0.2) is 42.6 Å². The minimum Gasteiger partial charge on any atom is -0.399 e. The Morgan fingerprint density at radius 2 is 1.48 bits per heavy atom. The number of aromatic nitrogens is 1. The van der Waals surface area contributed by atoms with Crippen LogP contribution in [0.2, 0.25) is 0 Å². The van der Waals surface area contributed by atoms with Crippen molar-refractivity contribution < 1.29 is 22.5 Å². The van der Waals surface area contributed by atoms with E-state index in [0.717, 1.165) is 12.1 Å². The zero-order valence-corrected chi connectivity index (χ0v) is 14.5. The van der Waals surface area contributed by atoms with E-state index in [1.54, 1.807) is 12.3 Å². The third kappa shape index (κ3) is 3.31. The fourth-order valence-electron chi connectivity index (χ4n) is 2.64. The lowest BCUT2D eigenvalue weighted by molar-refractivity contribution is -0.137. The quantitative estimate of drug-likeness (QED) is 0.766. The van der Waals surface area contributed by atoms with Crippen molar-refractivity contribution in [3.05, 3.63) is 48.2 Å². The molecule has 25 heavy (non-hydrogen) atoms. The lowest BCUT2D eigenvalue weighted by Crippen LogP contribution is -2.41. The average Bonchev–Trinajstić information content (AvgIpc) is 2.75. The first-order valence-electron chi connectivity index (χ1n) is 7.99. The van der Waals surface area contributed by atoms with Gasteiger partial charge in [-0.05, 0) is 51.5 Å². The van der Waals surface area contributed by atoms with Crippen molar-refractivity contribution in [3.63, 3.8) is 0 Å². The standard InChI is InChI=1S/C18H19BF3NO2/c1-16(2)17(3,4)25-19(24-16)14-6-5-11-23-15(14)12-7-9-13(10-8-12)18(20,21)22/h5-11H,1-4H3. The average molecular weight is 349 g/mol. The molecule has 7 heteroatoms. The van der Waals surface area contributed by atoms with Gasteiger partial charge < -0.3 is 9.31 Å². The first-order chi connectivity index (χ1) is 11.5. The SMILES string of the molecule is CC1(C)OB(c2cccnc2-c2ccc(C(F)(F)F)cc2)OC1(C)C. The maximum Gasteiger partial charge on any atom is 0.497 e. The predicted molar refractivity (Wildman–Crippen MR) is 90.4 cm³/mol. The Bertz CT molecular complexity index is 757. The van der Waals surface area contributed by atoms with Crippen LogP contribution < -0.4 is 5.46 Å². The monoisotopic (exact) mass is 349 g/mol. The lowest BCUT2D eigenvalue weighted by Gasteiger charge is -2.32. The summed E-state index contributed by atoms with van der Waals surface area (Å²) < 4.78 is 50.4. The minimum atomic E-state index is -4.36. The lowest BCUT2D eigenvalue weighted by atomic mass is 9.76. The number of hydrogen-bond donors (Lipinski definition) is 0. The number of hydrogen-bond acceptors (Lipinski definition) is 3. The molecule has 0 spiro atoms. The smallest absolute Gasteiger partial charge is 0.399 e. The van der Waals surface area contributed by atoms with E-state index in [1.807, 2.05) is 33.8 Å². The Morgan fingerprint density at radius 1 is 0.920 bits per heavy atom. The summed E-state index contributed by atoms with van der Waals surface area (Å²) >= 11 is 0. The number of nitrogens with zero attached hydrogens (tertiary/aromatic N) is 1. The van der Waals surface area contributed by atoms with Gasteiger partial charge in [-0.1, -0.05) is 18.2 Å². The molecule has 0 bridgehead atoms. The predicted octanol–water partition coefficient (Wildman–Crippen LogP) is 4.07. The van der Waals surface area contributed by atoms with Gasteiger partial charge >= 0.3 is 13.3 Å². The van der Waals surface area contributed by atoms with Crippen molar-refractivity contribution in [2.75, 3.05) is 0 Å². The third-order valence-electron chi connectivity index (χ3n) is 4.83. The second-order valence-electron chi connectivity index (χ2n) is 7.10. The van der Waals surface area contributed by atoms with Crippen LogP contribution in [0.3, 0.4) is 0 Å². The van der Waals surface area contributed by atoms with Gasteiger partial charge in [-0.3, -0.25) is 4.98 Å². The zero-order chi connectivity index (χ0) is 18.5. The van der Waals surface area contributed by atoms with Crippen LogP contribution >= 0.6 is 0 Å². The van der Waals surface area contributed by atoms with Crippen LogP contribution in [-0.2, 0) is 15.5 Å². The van der Waals surface area contributed by atoms with Crippen molar-refractivity contribution in [1.29, 1.82) is 0 Å². The molecule has 0 aliphatic carbocycles. The number of pyridine rings is 1. The molecule has 0 atom stereocenters. The molecule has 0 N–H and O–H groups in total. The van der Waals surface area contributed by atoms with E-state index >= 15 is 0 Å². The van der Waals surface area contributed by atoms with Gasteiger partial charge in [0.25, 0.3) is 0 Å². The molecule has 0 amide bonds. The van der Waals surface area contributed by atoms with Crippen molar-refractivity contribution in [1.82, 2.24) is 4.98 Å². The summed E-state index contributed by atoms with van der Waals surface area (Å²) in [6.45, 7) is 7.78. The van der Waals surface area contributed by atoms with E-state index in [1.165, 1.54) is 12.1 Å². The van der Waals surface area contributed by atoms with Crippen LogP contribution in [0.4, 0.5) is 13.2 Å². The van der Waals surface area contributed by atoms with Crippen molar-refractivity contribution in [3.8, 4) is 11.3 Å². The molecule has 2 heterocycles. The summed E-state index contributed by atoms with van der Waals surface area (Å²) in [5, 5.41) is 0. The molecular formula is C18H19BF3NO2. The maximum atomic E-state index is 12.8. The zero-order valence-electron chi connectivity index (χ0n) is 14.5. The van der Waals surface area contributed by atoms with E-state index in [-0.39, 0.29) is 0 Å². The van der Waals surface area contributed by atoms with E-state index in [4.69, 9.17) is 9.31 Å². The van der Waals surface area contributed by atoms with Crippen LogP contribution in [0.5, 0.6) is 0 Å². The highest BCUT2D eigenvalue weighted by molar-refractivity contribution is 6.63. The molecule has 0 radical (unpaired) electrons. The summed E-state index contributed by atoms with van der Waals surface area (Å²) in [6.07, 6.45) is -2.76. The van der Waals surface area contributed by atoms with Gasteiger partial charge in [0.05, 0.1) is 22.5 Å². The molecule has 1 aliphatic heterocycles. The molecule has 3 nitrogen and oxygen atoms in total. The molecule has 1 aliphatic rings. The second-order valence-corrected chi connectivity index (χ2v) is 7.10. The number of rotatable bonds is 2. The largest absolute Gasteiger partial charge is 0.497 e. The van der Waals surface area contributed by atoms with Crippen LogP contribution in [0.1, 0.15) is 33.3 Å². The molecule has 1 aromatic heterocycles. The van der Waals surface area contributed by atoms with Crippen molar-refractivity contribution in [2.24, 2.45) is 0 Å². The summed E-state index contributed by atoms with van der Waals surface area (Å²) in [6, 6.07) is 8.52. The summed E-state index contributed by atoms with van der Waals surface area (Å²) in [5.41, 5.74) is 0.119. The normalized spacial score (nSPS) is 19.2. The van der Waals surface area contributed by atoms with Crippen molar-refractivity contribution in [2.45, 2.75) is 45.1 Å². The first-order valence-corrected chi connectivity index (χ1v) is 7.99. The third-order valence-corrected chi connectivity index (χ3v) is 4.83. The Hall–Kier alpha value is -1.86. The van der Waals surface area contributed by atoms with Gasteiger partial charge in [0, 0.05) is 11.7 Å². The molecule has 0 saturated carbocycles. The molecule has 0 unspecified atom stereocenters. The second kappa shape index (κ2) is 5.85. The van der Waals surface area contributed by atoms with Gasteiger partial charge in [0.2, 0.25) is 0 Å². The summed E-state index contributed by atoms with van der Waals surface area (Å²) in [7, 11) is -0.629. The molecule has 1 aromatic carbocycles. The van der Waals surface area contributed by atoms with E-state index in [0.29, 0.717) is 16.7 Å². The molecular weight excluding hydrogens is 330 g/mol. The van der Waals surface area contributed by atoms with Crippen molar-refractivity contribution >= 4 is 12.6 Å². The Morgan fingerprint density at radius 3 is 2.00 bits per heavy atom. The number of alkyl halides is 3. The minimum absolute atomic E-state index is 0.509. The first kappa shape index (κ1) is 18.0. The molecule has 132 valence electrons. The van der Waals surface area contributed by atoms with E-state index in [9.17, 15) is 13.2 Å². The van der Waals surface area contributed by atoms with Gasteiger partial charge in [-0.15, -0.1) is 0 Å². The Balaban J connectivity index is 1.98. The Kier molecular flexibility index (Phi) is 4.20. The number of benzene rings is 1. The van der Waals surface area contributed by atoms with Crippen LogP contribution in [0, 0.1) is 0 Å². The fourth-order valence-corrected chi connectivity index (χ4v) is 2.64. The van der Waals surface area contributed by atoms with Gasteiger partial charge in [-0.2, -0.15) is 13.2 Å². The van der Waals surface area contributed by atoms with E-state index in [2.05, 4.69) is 4.98 Å². The number of halogens is 3. The maximum absolute atomic E-state index is 12.8. The summed E-state index contributed by atoms with van der Waals surface area (Å²) in [4.78, 5) is 4.34. The Labute approximate surface area is 145 Å². The highest BCUT2D eigenvalue weighted by atomic mass is 19.4. The molecule has 1 fully saturated rings. The highest BCUT2D eigenvalue weighted by Gasteiger charge is 2.52. The fraction of sp³-hybridized carbons (Fsp3) is 0.389. The van der Waals surface area contributed by atoms with Gasteiger partial charge in [0.1, 0.15) is 0 Å². The van der Waals surface area contributed by atoms with Gasteiger partial charge in [0.15, 0.2) is 0 Å². The molecule has 1 saturated heterocycles. The summed E-state index contributed by atoms with van der Waals surface area (Å²) in [5.74, 6) is 0. The highest BCUT2D eigenvalue weighted by Crippen LogP contribution is 2.37. The molecule has 3 rings (SSSR count). The van der Waals surface area contributed by atoms with Crippen LogP contribution in [-0.4, -0.2) is 23.3 Å². The van der Waals surface area contributed by atoms with Crippen LogP contribution in [0.25, 0.3) is 11.3 Å². The topological polar surface area (TPSA) is 31.4 Å². The molecule has 2 aromatic rings. The van der Waals surface area contributed by atoms with Gasteiger partial charge in [-0.25, -0.2) is 0 Å². The van der Waals surface area contributed by atoms with E-state index < -0.39 is 30.1 Å².